The van der Waals surface area contributed by atoms with Crippen molar-refractivity contribution < 1.29 is 18.7 Å². The van der Waals surface area contributed by atoms with Crippen molar-refractivity contribution in [3.05, 3.63) is 23.5 Å². The van der Waals surface area contributed by atoms with Crippen LogP contribution in [0.1, 0.15) is 44.2 Å². The number of methoxy groups -OCH3 is 2. The molecule has 136 valence electrons. The van der Waals surface area contributed by atoms with Gasteiger partial charge < -0.3 is 20.5 Å². The lowest BCUT2D eigenvalue weighted by Gasteiger charge is -2.20. The monoisotopic (exact) mass is 360 g/mol. The van der Waals surface area contributed by atoms with Gasteiger partial charge in [-0.3, -0.25) is 4.79 Å². The van der Waals surface area contributed by atoms with Gasteiger partial charge in [0, 0.05) is 24.1 Å². The topological polar surface area (TPSA) is 73.6 Å². The van der Waals surface area contributed by atoms with Crippen molar-refractivity contribution in [2.75, 3.05) is 14.2 Å². The molecule has 1 unspecified atom stereocenters. The highest BCUT2D eigenvalue weighted by atomic mass is 35.5. The van der Waals surface area contributed by atoms with Crippen LogP contribution in [-0.2, 0) is 4.79 Å². The number of hydrogen-bond acceptors (Lipinski definition) is 4. The van der Waals surface area contributed by atoms with Crippen LogP contribution in [0.5, 0.6) is 11.5 Å². The van der Waals surface area contributed by atoms with Crippen molar-refractivity contribution in [3.8, 4) is 11.5 Å². The number of nitrogens with two attached hydrogens (primary N) is 1. The Balaban J connectivity index is 0.00000288. The summed E-state index contributed by atoms with van der Waals surface area (Å²) in [6, 6.07) is 2.46. The van der Waals surface area contributed by atoms with Gasteiger partial charge in [0.05, 0.1) is 20.3 Å². The molecule has 3 atom stereocenters. The van der Waals surface area contributed by atoms with Crippen LogP contribution in [-0.4, -0.2) is 26.2 Å². The van der Waals surface area contributed by atoms with E-state index in [-0.39, 0.29) is 30.3 Å². The Kier molecular flexibility index (Phi) is 7.76. The molecule has 1 fully saturated rings. The zero-order valence-corrected chi connectivity index (χ0v) is 15.1. The van der Waals surface area contributed by atoms with Crippen molar-refractivity contribution in [1.82, 2.24) is 5.32 Å². The summed E-state index contributed by atoms with van der Waals surface area (Å²) >= 11 is 0. The standard InChI is InChI=1S/C17H25FN2O3.ClH/c1-10(20-17(21)7-11-5-4-6-14(11)19)12-8-15(22-2)16(23-3)9-13(12)18;/h8-11,14H,4-7,19H2,1-3H3,(H,20,21);1H/t10?,11-,14+;/m0./s1. The van der Waals surface area contributed by atoms with Crippen molar-refractivity contribution in [2.24, 2.45) is 11.7 Å². The van der Waals surface area contributed by atoms with Gasteiger partial charge in [0.25, 0.3) is 0 Å². The molecule has 0 aromatic heterocycles. The quantitative estimate of drug-likeness (QED) is 0.818. The zero-order valence-electron chi connectivity index (χ0n) is 14.3. The molecule has 1 aromatic carbocycles. The number of nitrogens with one attached hydrogen (secondary N) is 1. The summed E-state index contributed by atoms with van der Waals surface area (Å²) in [5.74, 6) is 0.437. The summed E-state index contributed by atoms with van der Waals surface area (Å²) in [7, 11) is 2.94. The molecule has 0 heterocycles. The first-order valence-electron chi connectivity index (χ1n) is 7.92. The predicted octanol–water partition coefficient (Wildman–Crippen LogP) is 2.96. The molecule has 1 aliphatic rings. The fraction of sp³-hybridized carbons (Fsp3) is 0.588. The average Bonchev–Trinajstić information content (AvgIpc) is 2.91. The number of amides is 1. The van der Waals surface area contributed by atoms with E-state index in [1.165, 1.54) is 20.3 Å². The third-order valence-electron chi connectivity index (χ3n) is 4.51. The second-order valence-corrected chi connectivity index (χ2v) is 6.08. The van der Waals surface area contributed by atoms with Crippen molar-refractivity contribution in [1.29, 1.82) is 0 Å². The number of benzene rings is 1. The van der Waals surface area contributed by atoms with Crippen LogP contribution in [0.4, 0.5) is 4.39 Å². The summed E-state index contributed by atoms with van der Waals surface area (Å²) < 4.78 is 24.5. The van der Waals surface area contributed by atoms with Gasteiger partial charge in [-0.15, -0.1) is 12.4 Å². The predicted molar refractivity (Wildman–Crippen MR) is 93.2 cm³/mol. The number of rotatable bonds is 6. The molecule has 7 heteroatoms. The van der Waals surface area contributed by atoms with Gasteiger partial charge in [0.2, 0.25) is 5.91 Å². The van der Waals surface area contributed by atoms with Crippen LogP contribution in [0.15, 0.2) is 12.1 Å². The average molecular weight is 361 g/mol. The van der Waals surface area contributed by atoms with Crippen LogP contribution in [0.2, 0.25) is 0 Å². The summed E-state index contributed by atoms with van der Waals surface area (Å²) in [6.45, 7) is 1.75. The molecule has 5 nitrogen and oxygen atoms in total. The molecule has 2 rings (SSSR count). The van der Waals surface area contributed by atoms with Crippen LogP contribution in [0.25, 0.3) is 0 Å². The normalized spacial score (nSPS) is 20.9. The van der Waals surface area contributed by atoms with E-state index in [9.17, 15) is 9.18 Å². The second kappa shape index (κ2) is 9.08. The first-order chi connectivity index (χ1) is 11.0. The second-order valence-electron chi connectivity index (χ2n) is 6.08. The zero-order chi connectivity index (χ0) is 17.0. The van der Waals surface area contributed by atoms with E-state index in [4.69, 9.17) is 15.2 Å². The number of carbonyl (C=O) groups excluding carboxylic acids is 1. The molecule has 0 bridgehead atoms. The minimum atomic E-state index is -0.458. The van der Waals surface area contributed by atoms with Gasteiger partial charge in [0.15, 0.2) is 11.5 Å². The van der Waals surface area contributed by atoms with E-state index in [1.54, 1.807) is 13.0 Å². The smallest absolute Gasteiger partial charge is 0.220 e. The number of hydrogen-bond donors (Lipinski definition) is 2. The SMILES string of the molecule is COc1cc(F)c(C(C)NC(=O)C[C@@H]2CCC[C@H]2N)cc1OC.Cl. The molecule has 1 aliphatic carbocycles. The Morgan fingerprint density at radius 2 is 1.96 bits per heavy atom. The lowest BCUT2D eigenvalue weighted by atomic mass is 9.99. The Bertz CT molecular complexity index is 571. The molecule has 3 N–H and O–H groups in total. The Morgan fingerprint density at radius 1 is 1.33 bits per heavy atom. The molecule has 0 aliphatic heterocycles. The molecular weight excluding hydrogens is 335 g/mol. The van der Waals surface area contributed by atoms with E-state index < -0.39 is 11.9 Å². The molecule has 24 heavy (non-hydrogen) atoms. The molecule has 0 saturated heterocycles. The fourth-order valence-corrected chi connectivity index (χ4v) is 3.14. The van der Waals surface area contributed by atoms with Crippen LogP contribution >= 0.6 is 12.4 Å². The van der Waals surface area contributed by atoms with E-state index in [2.05, 4.69) is 5.32 Å². The summed E-state index contributed by atoms with van der Waals surface area (Å²) in [6.07, 6.45) is 3.41. The lowest BCUT2D eigenvalue weighted by Crippen LogP contribution is -2.33. The lowest BCUT2D eigenvalue weighted by molar-refractivity contribution is -0.122. The number of carbonyl (C=O) groups is 1. The Morgan fingerprint density at radius 3 is 2.50 bits per heavy atom. The third kappa shape index (κ3) is 4.74. The van der Waals surface area contributed by atoms with Gasteiger partial charge >= 0.3 is 0 Å². The minimum Gasteiger partial charge on any atom is -0.493 e. The molecule has 1 aromatic rings. The highest BCUT2D eigenvalue weighted by Gasteiger charge is 2.27. The summed E-state index contributed by atoms with van der Waals surface area (Å²) in [5.41, 5.74) is 6.36. The largest absolute Gasteiger partial charge is 0.493 e. The van der Waals surface area contributed by atoms with Gasteiger partial charge in [-0.05, 0) is 31.7 Å². The maximum atomic E-state index is 14.2. The van der Waals surface area contributed by atoms with Crippen molar-refractivity contribution >= 4 is 18.3 Å². The van der Waals surface area contributed by atoms with Crippen molar-refractivity contribution in [3.63, 3.8) is 0 Å². The molecule has 1 saturated carbocycles. The molecular formula is C17H26ClFN2O3. The van der Waals surface area contributed by atoms with Gasteiger partial charge in [-0.25, -0.2) is 4.39 Å². The van der Waals surface area contributed by atoms with Crippen LogP contribution in [0.3, 0.4) is 0 Å². The maximum Gasteiger partial charge on any atom is 0.220 e. The van der Waals surface area contributed by atoms with Crippen LogP contribution in [0, 0.1) is 11.7 Å². The summed E-state index contributed by atoms with van der Waals surface area (Å²) in [5, 5.41) is 2.84. The first-order valence-corrected chi connectivity index (χ1v) is 7.92. The maximum absolute atomic E-state index is 14.2. The van der Waals surface area contributed by atoms with Gasteiger partial charge in [0.1, 0.15) is 5.82 Å². The van der Waals surface area contributed by atoms with E-state index in [1.807, 2.05) is 0 Å². The highest BCUT2D eigenvalue weighted by molar-refractivity contribution is 5.85. The molecule has 1 amide bonds. The fourth-order valence-electron chi connectivity index (χ4n) is 3.14. The number of halogens is 2. The highest BCUT2D eigenvalue weighted by Crippen LogP contribution is 2.32. The van der Waals surface area contributed by atoms with Crippen molar-refractivity contribution in [2.45, 2.75) is 44.7 Å². The molecule has 0 radical (unpaired) electrons. The molecule has 0 spiro atoms. The number of ether oxygens (including phenoxy) is 2. The van der Waals surface area contributed by atoms with E-state index >= 15 is 0 Å². The van der Waals surface area contributed by atoms with Crippen LogP contribution < -0.4 is 20.5 Å². The minimum absolute atomic E-state index is 0. The van der Waals surface area contributed by atoms with Gasteiger partial charge in [-0.2, -0.15) is 0 Å². The third-order valence-corrected chi connectivity index (χ3v) is 4.51. The van der Waals surface area contributed by atoms with E-state index in [0.717, 1.165) is 19.3 Å². The Labute approximate surface area is 148 Å². The first kappa shape index (κ1) is 20.5. The Hall–Kier alpha value is -1.53. The summed E-state index contributed by atoms with van der Waals surface area (Å²) in [4.78, 5) is 12.2. The van der Waals surface area contributed by atoms with E-state index in [0.29, 0.717) is 23.5 Å². The van der Waals surface area contributed by atoms with Gasteiger partial charge in [-0.1, -0.05) is 6.42 Å².